The van der Waals surface area contributed by atoms with Crippen molar-refractivity contribution < 1.29 is 18.3 Å². The summed E-state index contributed by atoms with van der Waals surface area (Å²) in [4.78, 5) is 16.7. The van der Waals surface area contributed by atoms with Crippen LogP contribution >= 0.6 is 11.6 Å². The molecule has 0 N–H and O–H groups in total. The summed E-state index contributed by atoms with van der Waals surface area (Å²) in [6, 6.07) is 5.68. The zero-order valence-corrected chi connectivity index (χ0v) is 17.2. The molecule has 2 saturated heterocycles. The number of rotatable bonds is 8. The molecule has 2 aliphatic rings. The Morgan fingerprint density at radius 3 is 2.68 bits per heavy atom. The molecule has 4 nitrogen and oxygen atoms in total. The van der Waals surface area contributed by atoms with Crippen molar-refractivity contribution in [1.82, 2.24) is 9.80 Å². The monoisotopic (exact) mass is 414 g/mol. The van der Waals surface area contributed by atoms with Gasteiger partial charge in [0.1, 0.15) is 5.75 Å². The zero-order valence-electron chi connectivity index (χ0n) is 16.4. The SMILES string of the molecule is CC1CCCN1CCCOc1ccc(C(=O)CN2CCC(F)(F)CC2)cc1Cl. The predicted octanol–water partition coefficient (Wildman–Crippen LogP) is 4.51. The van der Waals surface area contributed by atoms with Gasteiger partial charge in [-0.2, -0.15) is 0 Å². The lowest BCUT2D eigenvalue weighted by Gasteiger charge is -2.31. The van der Waals surface area contributed by atoms with Gasteiger partial charge in [0.15, 0.2) is 5.78 Å². The summed E-state index contributed by atoms with van der Waals surface area (Å²) < 4.78 is 32.2. The molecule has 156 valence electrons. The van der Waals surface area contributed by atoms with Gasteiger partial charge in [0.2, 0.25) is 0 Å². The van der Waals surface area contributed by atoms with Gasteiger partial charge < -0.3 is 9.64 Å². The molecule has 3 rings (SSSR count). The molecule has 28 heavy (non-hydrogen) atoms. The number of ether oxygens (including phenoxy) is 1. The van der Waals surface area contributed by atoms with Crippen LogP contribution < -0.4 is 4.74 Å². The summed E-state index contributed by atoms with van der Waals surface area (Å²) in [7, 11) is 0. The summed E-state index contributed by atoms with van der Waals surface area (Å²) in [5.41, 5.74) is 0.487. The van der Waals surface area contributed by atoms with Gasteiger partial charge >= 0.3 is 0 Å². The Labute approximate surface area is 170 Å². The number of ketones is 1. The highest BCUT2D eigenvalue weighted by Gasteiger charge is 2.34. The molecule has 7 heteroatoms. The highest BCUT2D eigenvalue weighted by atomic mass is 35.5. The number of hydrogen-bond donors (Lipinski definition) is 0. The van der Waals surface area contributed by atoms with Gasteiger partial charge in [-0.15, -0.1) is 0 Å². The third-order valence-corrected chi connectivity index (χ3v) is 6.04. The maximum absolute atomic E-state index is 13.2. The number of Topliss-reactive ketones (excluding diaryl/α,β-unsaturated/α-hetero) is 1. The minimum atomic E-state index is -2.60. The van der Waals surface area contributed by atoms with E-state index in [4.69, 9.17) is 16.3 Å². The van der Waals surface area contributed by atoms with Crippen LogP contribution in [0.3, 0.4) is 0 Å². The van der Waals surface area contributed by atoms with Crippen molar-refractivity contribution in [3.63, 3.8) is 0 Å². The lowest BCUT2D eigenvalue weighted by Crippen LogP contribution is -2.41. The Morgan fingerprint density at radius 2 is 2.04 bits per heavy atom. The van der Waals surface area contributed by atoms with Gasteiger partial charge in [0.25, 0.3) is 5.92 Å². The number of alkyl halides is 2. The number of hydrogen-bond acceptors (Lipinski definition) is 4. The number of benzene rings is 1. The Morgan fingerprint density at radius 1 is 1.29 bits per heavy atom. The van der Waals surface area contributed by atoms with Crippen LogP contribution in [0.5, 0.6) is 5.75 Å². The summed E-state index contributed by atoms with van der Waals surface area (Å²) in [5.74, 6) is -2.14. The second-order valence-electron chi connectivity index (χ2n) is 7.93. The fraction of sp³-hybridized carbons (Fsp3) is 0.667. The standard InChI is InChI=1S/C21H29ClF2N2O2/c1-16-4-2-9-26(16)10-3-13-28-20-6-5-17(14-18(20)22)19(27)15-25-11-7-21(23,24)8-12-25/h5-6,14,16H,2-4,7-13,15H2,1H3. The molecule has 2 heterocycles. The van der Waals surface area contributed by atoms with Crippen molar-refractivity contribution in [2.24, 2.45) is 0 Å². The smallest absolute Gasteiger partial charge is 0.250 e. The van der Waals surface area contributed by atoms with Crippen molar-refractivity contribution in [3.8, 4) is 5.75 Å². The molecule has 0 amide bonds. The van der Waals surface area contributed by atoms with E-state index in [2.05, 4.69) is 11.8 Å². The molecule has 1 atom stereocenters. The molecule has 0 aliphatic carbocycles. The van der Waals surface area contributed by atoms with Crippen LogP contribution in [-0.4, -0.2) is 66.9 Å². The van der Waals surface area contributed by atoms with E-state index in [1.165, 1.54) is 12.8 Å². The Hall–Kier alpha value is -1.24. The van der Waals surface area contributed by atoms with Crippen LogP contribution in [0.1, 0.15) is 49.4 Å². The third kappa shape index (κ3) is 5.88. The Balaban J connectivity index is 1.44. The first-order valence-corrected chi connectivity index (χ1v) is 10.5. The van der Waals surface area contributed by atoms with Crippen LogP contribution in [0.2, 0.25) is 5.02 Å². The van der Waals surface area contributed by atoms with Crippen LogP contribution in [0.25, 0.3) is 0 Å². The number of nitrogens with zero attached hydrogens (tertiary/aromatic N) is 2. The molecule has 1 aromatic carbocycles. The summed E-state index contributed by atoms with van der Waals surface area (Å²) in [6.07, 6.45) is 3.08. The zero-order chi connectivity index (χ0) is 20.1. The molecule has 0 radical (unpaired) electrons. The molecule has 2 aliphatic heterocycles. The van der Waals surface area contributed by atoms with Crippen LogP contribution in [0.15, 0.2) is 18.2 Å². The van der Waals surface area contributed by atoms with Gasteiger partial charge in [-0.3, -0.25) is 9.69 Å². The highest BCUT2D eigenvalue weighted by molar-refractivity contribution is 6.32. The van der Waals surface area contributed by atoms with Crippen LogP contribution in [0.4, 0.5) is 8.78 Å². The van der Waals surface area contributed by atoms with E-state index >= 15 is 0 Å². The summed E-state index contributed by atoms with van der Waals surface area (Å²) in [6.45, 7) is 5.64. The lowest BCUT2D eigenvalue weighted by molar-refractivity contribution is -0.0536. The lowest BCUT2D eigenvalue weighted by atomic mass is 10.1. The Bertz CT molecular complexity index is 676. The molecule has 0 spiro atoms. The minimum Gasteiger partial charge on any atom is -0.492 e. The first-order valence-electron chi connectivity index (χ1n) is 10.1. The van der Waals surface area contributed by atoms with Crippen molar-refractivity contribution in [2.75, 3.05) is 39.3 Å². The maximum atomic E-state index is 13.2. The van der Waals surface area contributed by atoms with Gasteiger partial charge in [-0.1, -0.05) is 11.6 Å². The first-order chi connectivity index (χ1) is 13.3. The number of carbonyl (C=O) groups excluding carboxylic acids is 1. The highest BCUT2D eigenvalue weighted by Crippen LogP contribution is 2.29. The van der Waals surface area contributed by atoms with Crippen molar-refractivity contribution in [2.45, 2.75) is 51.0 Å². The quantitative estimate of drug-likeness (QED) is 0.463. The Kier molecular flexibility index (Phi) is 7.29. The topological polar surface area (TPSA) is 32.8 Å². The van der Waals surface area contributed by atoms with E-state index in [-0.39, 0.29) is 38.3 Å². The third-order valence-electron chi connectivity index (χ3n) is 5.75. The average Bonchev–Trinajstić information content (AvgIpc) is 3.06. The first kappa shape index (κ1) is 21.5. The van der Waals surface area contributed by atoms with Crippen LogP contribution in [-0.2, 0) is 0 Å². The van der Waals surface area contributed by atoms with E-state index in [1.54, 1.807) is 23.1 Å². The fourth-order valence-corrected chi connectivity index (χ4v) is 4.13. The largest absolute Gasteiger partial charge is 0.492 e. The molecule has 1 unspecified atom stereocenters. The van der Waals surface area contributed by atoms with Gasteiger partial charge in [0, 0.05) is 44.1 Å². The molecular weight excluding hydrogens is 386 g/mol. The van der Waals surface area contributed by atoms with Crippen molar-refractivity contribution >= 4 is 17.4 Å². The fourth-order valence-electron chi connectivity index (χ4n) is 3.90. The molecule has 2 fully saturated rings. The predicted molar refractivity (Wildman–Crippen MR) is 107 cm³/mol. The van der Waals surface area contributed by atoms with E-state index in [9.17, 15) is 13.6 Å². The number of likely N-dealkylation sites (tertiary alicyclic amines) is 2. The minimum absolute atomic E-state index is 0.110. The molecule has 1 aromatic rings. The van der Waals surface area contributed by atoms with E-state index in [1.807, 2.05) is 0 Å². The number of piperidine rings is 1. The van der Waals surface area contributed by atoms with Gasteiger partial charge in [-0.05, 0) is 50.9 Å². The maximum Gasteiger partial charge on any atom is 0.250 e. The van der Waals surface area contributed by atoms with Gasteiger partial charge in [-0.25, -0.2) is 8.78 Å². The van der Waals surface area contributed by atoms with E-state index in [0.717, 1.165) is 19.5 Å². The average molecular weight is 415 g/mol. The number of carbonyl (C=O) groups is 1. The summed E-state index contributed by atoms with van der Waals surface area (Å²) >= 11 is 6.28. The normalized spacial score (nSPS) is 23.1. The number of halogens is 3. The second-order valence-corrected chi connectivity index (χ2v) is 8.34. The van der Waals surface area contributed by atoms with Crippen molar-refractivity contribution in [1.29, 1.82) is 0 Å². The second kappa shape index (κ2) is 9.51. The molecule has 0 aromatic heterocycles. The molecular formula is C21H29ClF2N2O2. The molecule has 0 bridgehead atoms. The molecule has 0 saturated carbocycles. The van der Waals surface area contributed by atoms with Gasteiger partial charge in [0.05, 0.1) is 18.2 Å². The van der Waals surface area contributed by atoms with Crippen molar-refractivity contribution in [3.05, 3.63) is 28.8 Å². The summed E-state index contributed by atoms with van der Waals surface area (Å²) in [5, 5.41) is 0.408. The van der Waals surface area contributed by atoms with E-state index < -0.39 is 5.92 Å². The van der Waals surface area contributed by atoms with E-state index in [0.29, 0.717) is 29.0 Å². The van der Waals surface area contributed by atoms with Crippen LogP contribution in [0, 0.1) is 0 Å².